The molecular weight excluding hydrogens is 308 g/mol. The average Bonchev–Trinajstić information content (AvgIpc) is 3.18. The lowest BCUT2D eigenvalue weighted by molar-refractivity contribution is 0.0763. The molecule has 0 aromatic heterocycles. The highest BCUT2D eigenvalue weighted by Crippen LogP contribution is 2.45. The monoisotopic (exact) mass is 326 g/mol. The summed E-state index contributed by atoms with van der Waals surface area (Å²) in [6, 6.07) is 5.44. The van der Waals surface area contributed by atoms with Crippen molar-refractivity contribution in [1.29, 1.82) is 0 Å². The molecule has 1 aliphatic rings. The van der Waals surface area contributed by atoms with Crippen LogP contribution in [0.15, 0.2) is 22.7 Å². The zero-order valence-electron chi connectivity index (χ0n) is 11.3. The van der Waals surface area contributed by atoms with E-state index in [1.54, 1.807) is 24.1 Å². The number of amides is 1. The van der Waals surface area contributed by atoms with Gasteiger partial charge in [-0.15, -0.1) is 0 Å². The molecule has 104 valence electrons. The zero-order valence-corrected chi connectivity index (χ0v) is 12.9. The SMILES string of the molecule is COc1ccc(Br)cc1C(=O)N(C)CC1(CN)CC1. The quantitative estimate of drug-likeness (QED) is 0.903. The van der Waals surface area contributed by atoms with E-state index in [9.17, 15) is 4.79 Å². The fourth-order valence-electron chi connectivity index (χ4n) is 2.23. The number of hydrogen-bond donors (Lipinski definition) is 1. The maximum atomic E-state index is 12.5. The van der Waals surface area contributed by atoms with Crippen LogP contribution in [-0.2, 0) is 0 Å². The minimum absolute atomic E-state index is 0.0297. The maximum absolute atomic E-state index is 12.5. The predicted molar refractivity (Wildman–Crippen MR) is 78.4 cm³/mol. The zero-order chi connectivity index (χ0) is 14.0. The molecule has 0 heterocycles. The van der Waals surface area contributed by atoms with Crippen LogP contribution < -0.4 is 10.5 Å². The molecule has 1 fully saturated rings. The highest BCUT2D eigenvalue weighted by Gasteiger charge is 2.42. The van der Waals surface area contributed by atoms with Crippen molar-refractivity contribution < 1.29 is 9.53 Å². The number of halogens is 1. The van der Waals surface area contributed by atoms with Crippen molar-refractivity contribution in [3.05, 3.63) is 28.2 Å². The topological polar surface area (TPSA) is 55.6 Å². The first-order chi connectivity index (χ1) is 9.01. The van der Waals surface area contributed by atoms with Crippen molar-refractivity contribution in [3.8, 4) is 5.75 Å². The van der Waals surface area contributed by atoms with Crippen molar-refractivity contribution in [2.45, 2.75) is 12.8 Å². The van der Waals surface area contributed by atoms with Crippen molar-refractivity contribution in [1.82, 2.24) is 4.90 Å². The number of benzene rings is 1. The Morgan fingerprint density at radius 3 is 2.74 bits per heavy atom. The number of nitrogens with zero attached hydrogens (tertiary/aromatic N) is 1. The molecular formula is C14H19BrN2O2. The second-order valence-corrected chi connectivity index (χ2v) is 6.13. The van der Waals surface area contributed by atoms with Crippen LogP contribution in [0.3, 0.4) is 0 Å². The van der Waals surface area contributed by atoms with Crippen LogP contribution in [0.1, 0.15) is 23.2 Å². The van der Waals surface area contributed by atoms with Gasteiger partial charge in [-0.05, 0) is 37.6 Å². The van der Waals surface area contributed by atoms with Gasteiger partial charge in [-0.2, -0.15) is 0 Å². The molecule has 0 saturated heterocycles. The van der Waals surface area contributed by atoms with E-state index in [-0.39, 0.29) is 11.3 Å². The maximum Gasteiger partial charge on any atom is 0.257 e. The van der Waals surface area contributed by atoms with E-state index < -0.39 is 0 Å². The fourth-order valence-corrected chi connectivity index (χ4v) is 2.59. The number of rotatable bonds is 5. The molecule has 19 heavy (non-hydrogen) atoms. The Bertz CT molecular complexity index is 486. The molecule has 1 aliphatic carbocycles. The highest BCUT2D eigenvalue weighted by atomic mass is 79.9. The number of methoxy groups -OCH3 is 1. The second-order valence-electron chi connectivity index (χ2n) is 5.21. The molecule has 5 heteroatoms. The minimum Gasteiger partial charge on any atom is -0.496 e. The third kappa shape index (κ3) is 3.09. The van der Waals surface area contributed by atoms with Crippen LogP contribution in [0, 0.1) is 5.41 Å². The molecule has 2 rings (SSSR count). The molecule has 0 unspecified atom stereocenters. The van der Waals surface area contributed by atoms with Gasteiger partial charge in [-0.25, -0.2) is 0 Å². The van der Waals surface area contributed by atoms with E-state index in [0.29, 0.717) is 24.4 Å². The molecule has 0 atom stereocenters. The van der Waals surface area contributed by atoms with Gasteiger partial charge in [0.15, 0.2) is 0 Å². The first-order valence-corrected chi connectivity index (χ1v) is 7.10. The fraction of sp³-hybridized carbons (Fsp3) is 0.500. The van der Waals surface area contributed by atoms with E-state index in [2.05, 4.69) is 15.9 Å². The number of carbonyl (C=O) groups excluding carboxylic acids is 1. The van der Waals surface area contributed by atoms with E-state index >= 15 is 0 Å². The molecule has 0 spiro atoms. The highest BCUT2D eigenvalue weighted by molar-refractivity contribution is 9.10. The lowest BCUT2D eigenvalue weighted by Crippen LogP contribution is -2.35. The van der Waals surface area contributed by atoms with E-state index in [4.69, 9.17) is 10.5 Å². The normalized spacial score (nSPS) is 16.0. The van der Waals surface area contributed by atoms with Gasteiger partial charge in [0, 0.05) is 23.5 Å². The number of carbonyl (C=O) groups is 1. The van der Waals surface area contributed by atoms with Crippen molar-refractivity contribution in [2.75, 3.05) is 27.2 Å². The van der Waals surface area contributed by atoms with Crippen LogP contribution in [0.25, 0.3) is 0 Å². The van der Waals surface area contributed by atoms with Crippen molar-refractivity contribution in [3.63, 3.8) is 0 Å². The Kier molecular flexibility index (Phi) is 4.16. The van der Waals surface area contributed by atoms with Crippen LogP contribution in [0.4, 0.5) is 0 Å². The summed E-state index contributed by atoms with van der Waals surface area (Å²) >= 11 is 3.38. The minimum atomic E-state index is -0.0297. The smallest absolute Gasteiger partial charge is 0.257 e. The van der Waals surface area contributed by atoms with Crippen LogP contribution >= 0.6 is 15.9 Å². The number of nitrogens with two attached hydrogens (primary N) is 1. The Hall–Kier alpha value is -1.07. The second kappa shape index (κ2) is 5.51. The van der Waals surface area contributed by atoms with E-state index in [1.807, 2.05) is 13.1 Å². The summed E-state index contributed by atoms with van der Waals surface area (Å²) in [5, 5.41) is 0. The van der Waals surface area contributed by atoms with Gasteiger partial charge in [0.05, 0.1) is 12.7 Å². The largest absolute Gasteiger partial charge is 0.496 e. The Labute approximate surface area is 122 Å². The summed E-state index contributed by atoms with van der Waals surface area (Å²) in [6.07, 6.45) is 2.22. The molecule has 2 N–H and O–H groups in total. The summed E-state index contributed by atoms with van der Waals surface area (Å²) in [7, 11) is 3.39. The van der Waals surface area contributed by atoms with Gasteiger partial charge in [0.25, 0.3) is 5.91 Å². The first kappa shape index (κ1) is 14.3. The summed E-state index contributed by atoms with van der Waals surface area (Å²) in [6.45, 7) is 1.35. The molecule has 1 amide bonds. The van der Waals surface area contributed by atoms with Gasteiger partial charge in [0.2, 0.25) is 0 Å². The Morgan fingerprint density at radius 2 is 2.21 bits per heavy atom. The van der Waals surface area contributed by atoms with Crippen LogP contribution in [-0.4, -0.2) is 38.1 Å². The van der Waals surface area contributed by atoms with E-state index in [0.717, 1.165) is 17.3 Å². The van der Waals surface area contributed by atoms with Gasteiger partial charge >= 0.3 is 0 Å². The molecule has 0 aliphatic heterocycles. The van der Waals surface area contributed by atoms with Gasteiger partial charge in [-0.3, -0.25) is 4.79 Å². The molecule has 0 radical (unpaired) electrons. The van der Waals surface area contributed by atoms with E-state index in [1.165, 1.54) is 0 Å². The standard InChI is InChI=1S/C14H19BrN2O2/c1-17(9-14(8-16)5-6-14)13(18)11-7-10(15)3-4-12(11)19-2/h3-4,7H,5-6,8-9,16H2,1-2H3. The first-order valence-electron chi connectivity index (χ1n) is 6.30. The third-order valence-corrected chi connectivity index (χ3v) is 4.19. The molecule has 1 saturated carbocycles. The van der Waals surface area contributed by atoms with Crippen LogP contribution in [0.2, 0.25) is 0 Å². The molecule has 1 aromatic carbocycles. The summed E-state index contributed by atoms with van der Waals surface area (Å²) in [5.41, 5.74) is 6.48. The van der Waals surface area contributed by atoms with Gasteiger partial charge < -0.3 is 15.4 Å². The van der Waals surface area contributed by atoms with Crippen molar-refractivity contribution in [2.24, 2.45) is 11.1 Å². The van der Waals surface area contributed by atoms with Crippen molar-refractivity contribution >= 4 is 21.8 Å². The average molecular weight is 327 g/mol. The summed E-state index contributed by atoms with van der Waals surface area (Å²) < 4.78 is 6.12. The number of hydrogen-bond acceptors (Lipinski definition) is 3. The Balaban J connectivity index is 2.16. The third-order valence-electron chi connectivity index (χ3n) is 3.70. The Morgan fingerprint density at radius 1 is 1.53 bits per heavy atom. The lowest BCUT2D eigenvalue weighted by atomic mass is 10.1. The number of ether oxygens (including phenoxy) is 1. The van der Waals surface area contributed by atoms with Gasteiger partial charge in [0.1, 0.15) is 5.75 Å². The molecule has 0 bridgehead atoms. The van der Waals surface area contributed by atoms with Crippen LogP contribution in [0.5, 0.6) is 5.75 Å². The predicted octanol–water partition coefficient (Wildman–Crippen LogP) is 2.27. The molecule has 4 nitrogen and oxygen atoms in total. The van der Waals surface area contributed by atoms with Gasteiger partial charge in [-0.1, -0.05) is 15.9 Å². The summed E-state index contributed by atoms with van der Waals surface area (Å²) in [5.74, 6) is 0.565. The lowest BCUT2D eigenvalue weighted by Gasteiger charge is -2.23. The summed E-state index contributed by atoms with van der Waals surface area (Å²) in [4.78, 5) is 14.2. The molecule has 1 aromatic rings.